The number of carbonyl (C=O) groups is 4. The number of ketones is 1. The van der Waals surface area contributed by atoms with Crippen molar-refractivity contribution in [2.45, 2.75) is 77.1 Å². The molecule has 0 spiro atoms. The lowest BCUT2D eigenvalue weighted by Gasteiger charge is -2.26. The summed E-state index contributed by atoms with van der Waals surface area (Å²) in [5, 5.41) is 9.35. The van der Waals surface area contributed by atoms with Gasteiger partial charge in [0.25, 0.3) is 5.91 Å². The molecule has 3 N–H and O–H groups in total. The lowest BCUT2D eigenvalue weighted by Crippen LogP contribution is -2.57. The summed E-state index contributed by atoms with van der Waals surface area (Å²) in [4.78, 5) is 62.4. The summed E-state index contributed by atoms with van der Waals surface area (Å²) in [7, 11) is 0. The van der Waals surface area contributed by atoms with Crippen LogP contribution in [-0.4, -0.2) is 63.8 Å². The van der Waals surface area contributed by atoms with Crippen molar-refractivity contribution < 1.29 is 23.9 Å². The van der Waals surface area contributed by atoms with Gasteiger partial charge in [0, 0.05) is 18.8 Å². The lowest BCUT2D eigenvalue weighted by atomic mass is 9.93. The van der Waals surface area contributed by atoms with Crippen LogP contribution < -0.4 is 16.0 Å². The maximum Gasteiger partial charge on any atom is 0.263 e. The number of amides is 3. The van der Waals surface area contributed by atoms with Crippen LogP contribution >= 0.6 is 11.3 Å². The predicted octanol–water partition coefficient (Wildman–Crippen LogP) is 3.19. The first kappa shape index (κ1) is 32.0. The van der Waals surface area contributed by atoms with Gasteiger partial charge in [-0.2, -0.15) is 0 Å². The van der Waals surface area contributed by atoms with Gasteiger partial charge in [-0.1, -0.05) is 44.2 Å². The third-order valence-corrected chi connectivity index (χ3v) is 8.20. The number of epoxide rings is 1. The van der Waals surface area contributed by atoms with Gasteiger partial charge in [0.2, 0.25) is 11.8 Å². The van der Waals surface area contributed by atoms with E-state index in [1.54, 1.807) is 38.4 Å². The van der Waals surface area contributed by atoms with E-state index in [1.165, 1.54) is 17.5 Å². The molecule has 1 fully saturated rings. The molecule has 1 saturated heterocycles. The number of nitrogens with one attached hydrogen (secondary N) is 3. The van der Waals surface area contributed by atoms with Crippen molar-refractivity contribution in [1.29, 1.82) is 0 Å². The normalized spacial score (nSPS) is 17.9. The number of ether oxygens (including phenoxy) is 1. The Hall–Kier alpha value is -3.96. The smallest absolute Gasteiger partial charge is 0.263 e. The van der Waals surface area contributed by atoms with E-state index in [1.807, 2.05) is 44.2 Å². The molecular weight excluding hydrogens is 566 g/mol. The van der Waals surface area contributed by atoms with Gasteiger partial charge in [0.15, 0.2) is 5.78 Å². The van der Waals surface area contributed by atoms with Gasteiger partial charge < -0.3 is 20.7 Å². The second-order valence-electron chi connectivity index (χ2n) is 11.5. The first-order valence-corrected chi connectivity index (χ1v) is 15.3. The minimum atomic E-state index is -1.01. The van der Waals surface area contributed by atoms with Crippen molar-refractivity contribution in [2.75, 3.05) is 6.61 Å². The number of aryl methyl sites for hydroxylation is 2. The average molecular weight is 606 g/mol. The van der Waals surface area contributed by atoms with Gasteiger partial charge in [-0.05, 0) is 62.3 Å². The minimum absolute atomic E-state index is 0.137. The highest BCUT2D eigenvalue weighted by atomic mass is 32.1. The highest BCUT2D eigenvalue weighted by Gasteiger charge is 2.50. The van der Waals surface area contributed by atoms with Crippen molar-refractivity contribution in [2.24, 2.45) is 5.92 Å². The summed E-state index contributed by atoms with van der Waals surface area (Å²) >= 11 is 1.24. The fraction of sp³-hybridized carbons (Fsp3) is 0.438. The lowest BCUT2D eigenvalue weighted by molar-refractivity contribution is -0.133. The monoisotopic (exact) mass is 605 g/mol. The van der Waals surface area contributed by atoms with Crippen LogP contribution in [0.25, 0.3) is 0 Å². The van der Waals surface area contributed by atoms with Gasteiger partial charge in [-0.25, -0.2) is 4.98 Å². The van der Waals surface area contributed by atoms with E-state index < -0.39 is 41.4 Å². The summed E-state index contributed by atoms with van der Waals surface area (Å²) in [5.41, 5.74) is 0.892. The molecule has 1 aliphatic heterocycles. The fourth-order valence-corrected chi connectivity index (χ4v) is 5.43. The molecular formula is C32H39N5O5S. The summed E-state index contributed by atoms with van der Waals surface area (Å²) in [6, 6.07) is 10.5. The van der Waals surface area contributed by atoms with E-state index >= 15 is 0 Å². The van der Waals surface area contributed by atoms with Crippen LogP contribution in [0.4, 0.5) is 0 Å². The third-order valence-electron chi connectivity index (χ3n) is 7.29. The zero-order valence-corrected chi connectivity index (χ0v) is 25.8. The number of nitrogens with zero attached hydrogens (tertiary/aromatic N) is 2. The van der Waals surface area contributed by atoms with E-state index in [2.05, 4.69) is 25.9 Å². The Kier molecular flexibility index (Phi) is 10.8. The predicted molar refractivity (Wildman–Crippen MR) is 163 cm³/mol. The topological polar surface area (TPSA) is 143 Å². The maximum absolute atomic E-state index is 13.8. The summed E-state index contributed by atoms with van der Waals surface area (Å²) < 4.78 is 5.37. The zero-order valence-electron chi connectivity index (χ0n) is 25.0. The van der Waals surface area contributed by atoms with Gasteiger partial charge >= 0.3 is 0 Å². The molecule has 3 heterocycles. The van der Waals surface area contributed by atoms with Crippen LogP contribution in [0.3, 0.4) is 0 Å². The number of benzene rings is 1. The van der Waals surface area contributed by atoms with E-state index in [0.717, 1.165) is 16.1 Å². The average Bonchev–Trinajstić information content (AvgIpc) is 3.59. The van der Waals surface area contributed by atoms with Gasteiger partial charge in [-0.15, -0.1) is 11.3 Å². The molecule has 3 amide bonds. The van der Waals surface area contributed by atoms with Gasteiger partial charge in [0.05, 0.1) is 23.9 Å². The molecule has 0 saturated carbocycles. The first-order chi connectivity index (χ1) is 20.5. The number of carbonyl (C=O) groups excluding carboxylic acids is 4. The van der Waals surface area contributed by atoms with E-state index in [9.17, 15) is 19.2 Å². The van der Waals surface area contributed by atoms with E-state index in [0.29, 0.717) is 30.7 Å². The second kappa shape index (κ2) is 14.5. The molecule has 1 aromatic carbocycles. The van der Waals surface area contributed by atoms with Gasteiger partial charge in [0.1, 0.15) is 22.6 Å². The zero-order chi connectivity index (χ0) is 31.0. The van der Waals surface area contributed by atoms with E-state index in [4.69, 9.17) is 4.74 Å². The number of Topliss-reactive ketones (excluding diaryl/α,β-unsaturated/α-hetero) is 1. The summed E-state index contributed by atoms with van der Waals surface area (Å²) in [5.74, 6) is -1.44. The van der Waals surface area contributed by atoms with Crippen LogP contribution in [-0.2, 0) is 32.0 Å². The molecule has 0 aliphatic carbocycles. The SMILES string of the molecule is Cc1ncc(C(=O)N[C@@H](CCc2ccccc2)C(=O)N[C@@H](Cc2ccncc2)C(=O)N[C@@H](CC(C)C)C(=O)[C@@]2(C)CO2)s1. The molecule has 10 nitrogen and oxygen atoms in total. The van der Waals surface area contributed by atoms with Crippen LogP contribution in [0.1, 0.15) is 59.4 Å². The molecule has 11 heteroatoms. The molecule has 0 radical (unpaired) electrons. The molecule has 0 bridgehead atoms. The standard InChI is InChI=1S/C32H39N5O5S/c1-20(2)16-25(28(38)32(4)19-42-32)36-30(40)26(17-23-12-14-33-15-13-23)37-29(39)24(11-10-22-8-6-5-7-9-22)35-31(41)27-18-34-21(3)43-27/h5-9,12-15,18,20,24-26H,10-11,16-17,19H2,1-4H3,(H,35,41)(H,36,40)(H,37,39)/t24-,25-,26-,32+/m0/s1. The quantitative estimate of drug-likeness (QED) is 0.226. The second-order valence-corrected chi connectivity index (χ2v) is 12.7. The molecule has 228 valence electrons. The molecule has 0 unspecified atom stereocenters. The Labute approximate surface area is 256 Å². The van der Waals surface area contributed by atoms with Crippen molar-refractivity contribution >= 4 is 34.8 Å². The number of rotatable bonds is 15. The largest absolute Gasteiger partial charge is 0.361 e. The molecule has 3 aromatic rings. The minimum Gasteiger partial charge on any atom is -0.361 e. The van der Waals surface area contributed by atoms with Crippen molar-refractivity contribution in [1.82, 2.24) is 25.9 Å². The number of pyridine rings is 1. The first-order valence-electron chi connectivity index (χ1n) is 14.5. The molecule has 4 rings (SSSR count). The number of aromatic nitrogens is 2. The van der Waals surface area contributed by atoms with Crippen molar-refractivity contribution in [3.8, 4) is 0 Å². The number of hydrogen-bond donors (Lipinski definition) is 3. The van der Waals surface area contributed by atoms with Crippen LogP contribution in [0.5, 0.6) is 0 Å². The Morgan fingerprint density at radius 2 is 1.58 bits per heavy atom. The Balaban J connectivity index is 1.54. The van der Waals surface area contributed by atoms with Gasteiger partial charge in [-0.3, -0.25) is 24.2 Å². The molecule has 2 aromatic heterocycles. The van der Waals surface area contributed by atoms with Crippen LogP contribution in [0.2, 0.25) is 0 Å². The molecule has 1 aliphatic rings. The van der Waals surface area contributed by atoms with Crippen molar-refractivity contribution in [3.63, 3.8) is 0 Å². The molecule has 43 heavy (non-hydrogen) atoms. The maximum atomic E-state index is 13.8. The highest BCUT2D eigenvalue weighted by molar-refractivity contribution is 7.13. The fourth-order valence-electron chi connectivity index (χ4n) is 4.75. The molecule has 4 atom stereocenters. The van der Waals surface area contributed by atoms with Crippen LogP contribution in [0.15, 0.2) is 61.1 Å². The number of thiazole rings is 1. The summed E-state index contributed by atoms with van der Waals surface area (Å²) in [6.45, 7) is 7.79. The Morgan fingerprint density at radius 1 is 0.930 bits per heavy atom. The third kappa shape index (κ3) is 9.26. The Bertz CT molecular complexity index is 1410. The number of hydrogen-bond acceptors (Lipinski definition) is 8. The highest BCUT2D eigenvalue weighted by Crippen LogP contribution is 2.29. The van der Waals surface area contributed by atoms with Crippen LogP contribution in [0, 0.1) is 12.8 Å². The van der Waals surface area contributed by atoms with E-state index in [-0.39, 0.29) is 18.1 Å². The summed E-state index contributed by atoms with van der Waals surface area (Å²) in [6.07, 6.45) is 6.16. The Morgan fingerprint density at radius 3 is 2.19 bits per heavy atom. The van der Waals surface area contributed by atoms with Crippen molar-refractivity contribution in [3.05, 3.63) is 82.1 Å².